The molecule has 0 fully saturated rings. The van der Waals surface area contributed by atoms with Gasteiger partial charge >= 0.3 is 6.18 Å². The van der Waals surface area contributed by atoms with Crippen LogP contribution in [0.2, 0.25) is 0 Å². The number of pyridine rings is 1. The first-order valence-corrected chi connectivity index (χ1v) is 8.03. The average Bonchev–Trinajstić information content (AvgIpc) is 2.96. The van der Waals surface area contributed by atoms with Crippen molar-refractivity contribution in [2.24, 2.45) is 0 Å². The van der Waals surface area contributed by atoms with Crippen LogP contribution in [0, 0.1) is 12.7 Å². The second kappa shape index (κ2) is 7.29. The van der Waals surface area contributed by atoms with Crippen LogP contribution in [0.15, 0.2) is 53.5 Å². The molecule has 3 aromatic rings. The topological polar surface area (TPSA) is 68.9 Å². The van der Waals surface area contributed by atoms with Crippen molar-refractivity contribution in [3.05, 3.63) is 76.1 Å². The Morgan fingerprint density at radius 2 is 1.82 bits per heavy atom. The lowest BCUT2D eigenvalue weighted by molar-refractivity contribution is -0.138. The summed E-state index contributed by atoms with van der Waals surface area (Å²) in [6.45, 7) is 1.06. The quantitative estimate of drug-likeness (QED) is 0.692. The summed E-state index contributed by atoms with van der Waals surface area (Å²) in [5, 5.41) is 6.70. The van der Waals surface area contributed by atoms with E-state index in [4.69, 9.17) is 0 Å². The monoisotopic (exact) mass is 394 g/mol. The normalized spacial score (nSPS) is 11.5. The minimum Gasteiger partial charge on any atom is -0.309 e. The molecule has 2 aromatic heterocycles. The van der Waals surface area contributed by atoms with Gasteiger partial charge in [-0.1, -0.05) is 0 Å². The van der Waals surface area contributed by atoms with E-state index >= 15 is 0 Å². The van der Waals surface area contributed by atoms with Gasteiger partial charge in [-0.25, -0.2) is 9.07 Å². The van der Waals surface area contributed by atoms with Gasteiger partial charge in [0.05, 0.1) is 16.9 Å². The van der Waals surface area contributed by atoms with Crippen molar-refractivity contribution in [2.45, 2.75) is 19.6 Å². The number of hydrogen-bond donors (Lipinski definition) is 1. The van der Waals surface area contributed by atoms with Gasteiger partial charge in [-0.15, -0.1) is 0 Å². The Labute approximate surface area is 156 Å². The first-order valence-electron chi connectivity index (χ1n) is 8.03. The maximum absolute atomic E-state index is 13.1. The molecule has 0 atom stereocenters. The van der Waals surface area contributed by atoms with Gasteiger partial charge in [0, 0.05) is 18.3 Å². The number of carbonyl (C=O) groups is 1. The van der Waals surface area contributed by atoms with Gasteiger partial charge in [0.25, 0.3) is 5.56 Å². The molecule has 1 aromatic carbocycles. The number of rotatable bonds is 4. The van der Waals surface area contributed by atoms with Crippen LogP contribution < -0.4 is 10.9 Å². The fourth-order valence-electron chi connectivity index (χ4n) is 2.53. The number of alkyl halides is 3. The number of nitrogens with one attached hydrogen (secondary N) is 1. The van der Waals surface area contributed by atoms with E-state index < -0.39 is 35.6 Å². The predicted molar refractivity (Wildman–Crippen MR) is 92.6 cm³/mol. The molecular weight excluding hydrogens is 380 g/mol. The Morgan fingerprint density at radius 1 is 1.14 bits per heavy atom. The zero-order valence-corrected chi connectivity index (χ0v) is 14.5. The zero-order valence-electron chi connectivity index (χ0n) is 14.5. The molecule has 0 aliphatic rings. The van der Waals surface area contributed by atoms with Gasteiger partial charge < -0.3 is 9.88 Å². The van der Waals surface area contributed by atoms with Crippen LogP contribution in [0.1, 0.15) is 11.3 Å². The summed E-state index contributed by atoms with van der Waals surface area (Å²) in [5.74, 6) is -0.930. The molecule has 0 bridgehead atoms. The van der Waals surface area contributed by atoms with E-state index in [1.54, 1.807) is 6.92 Å². The third kappa shape index (κ3) is 4.27. The van der Waals surface area contributed by atoms with Crippen molar-refractivity contribution in [3.8, 4) is 5.69 Å². The van der Waals surface area contributed by atoms with Gasteiger partial charge in [0.2, 0.25) is 5.91 Å². The van der Waals surface area contributed by atoms with Gasteiger partial charge in [-0.05, 0) is 37.3 Å². The molecule has 0 unspecified atom stereocenters. The lowest BCUT2D eigenvalue weighted by atomic mass is 10.2. The van der Waals surface area contributed by atoms with Crippen molar-refractivity contribution >= 4 is 11.7 Å². The first kappa shape index (κ1) is 19.3. The summed E-state index contributed by atoms with van der Waals surface area (Å²) in [4.78, 5) is 24.1. The third-order valence-electron chi connectivity index (χ3n) is 3.79. The van der Waals surface area contributed by atoms with Crippen LogP contribution in [0.5, 0.6) is 0 Å². The van der Waals surface area contributed by atoms with Gasteiger partial charge in [0.15, 0.2) is 0 Å². The molecule has 10 heteroatoms. The molecule has 1 amide bonds. The molecule has 0 saturated heterocycles. The van der Waals surface area contributed by atoms with Crippen molar-refractivity contribution in [2.75, 3.05) is 5.32 Å². The van der Waals surface area contributed by atoms with Gasteiger partial charge in [-0.3, -0.25) is 9.59 Å². The molecule has 1 N–H and O–H groups in total. The number of nitrogens with zero attached hydrogens (tertiary/aromatic N) is 3. The summed E-state index contributed by atoms with van der Waals surface area (Å²) in [7, 11) is 0. The molecule has 0 saturated carbocycles. The molecule has 3 rings (SSSR count). The van der Waals surface area contributed by atoms with Crippen molar-refractivity contribution in [1.29, 1.82) is 0 Å². The summed E-state index contributed by atoms with van der Waals surface area (Å²) in [5.41, 5.74) is -0.754. The Hall–Kier alpha value is -3.43. The zero-order chi connectivity index (χ0) is 20.5. The fraction of sp³-hybridized carbons (Fsp3) is 0.167. The maximum atomic E-state index is 13.1. The van der Waals surface area contributed by atoms with Crippen molar-refractivity contribution in [3.63, 3.8) is 0 Å². The second-order valence-electron chi connectivity index (χ2n) is 5.99. The van der Waals surface area contributed by atoms with Crippen LogP contribution in [-0.2, 0) is 17.5 Å². The van der Waals surface area contributed by atoms with E-state index in [-0.39, 0.29) is 5.82 Å². The molecule has 0 aliphatic carbocycles. The number of aryl methyl sites for hydroxylation is 1. The van der Waals surface area contributed by atoms with Crippen LogP contribution in [-0.4, -0.2) is 20.3 Å². The number of aromatic nitrogens is 3. The second-order valence-corrected chi connectivity index (χ2v) is 5.99. The molecule has 0 aliphatic heterocycles. The largest absolute Gasteiger partial charge is 0.417 e. The van der Waals surface area contributed by atoms with E-state index in [1.807, 2.05) is 0 Å². The molecule has 0 radical (unpaired) electrons. The lowest BCUT2D eigenvalue weighted by Gasteiger charge is -2.12. The third-order valence-corrected chi connectivity index (χ3v) is 3.79. The maximum Gasteiger partial charge on any atom is 0.417 e. The average molecular weight is 394 g/mol. The van der Waals surface area contributed by atoms with Crippen molar-refractivity contribution in [1.82, 2.24) is 14.3 Å². The fourth-order valence-corrected chi connectivity index (χ4v) is 2.53. The molecule has 0 spiro atoms. The highest BCUT2D eigenvalue weighted by atomic mass is 19.4. The van der Waals surface area contributed by atoms with Gasteiger partial charge in [0.1, 0.15) is 18.2 Å². The minimum atomic E-state index is -4.63. The lowest BCUT2D eigenvalue weighted by Crippen LogP contribution is -2.28. The number of amides is 1. The number of benzene rings is 1. The number of anilines is 1. The van der Waals surface area contributed by atoms with E-state index in [2.05, 4.69) is 10.4 Å². The number of carbonyl (C=O) groups excluding carboxylic acids is 1. The van der Waals surface area contributed by atoms with Crippen molar-refractivity contribution < 1.29 is 22.4 Å². The van der Waals surface area contributed by atoms with Crippen LogP contribution in [0.3, 0.4) is 0 Å². The van der Waals surface area contributed by atoms with Crippen LogP contribution in [0.25, 0.3) is 5.69 Å². The standard InChI is InChI=1S/C18H14F4N4O2/c1-11-8-15(26(24-11)14-5-3-13(19)4-6-14)23-16(27)10-25-9-12(18(20,21)22)2-7-17(25)28/h2-9H,10H2,1H3,(H,23,27). The predicted octanol–water partition coefficient (Wildman–Crippen LogP) is 3.14. The SMILES string of the molecule is Cc1cc(NC(=O)Cn2cc(C(F)(F)F)ccc2=O)n(-c2ccc(F)cc2)n1. The summed E-state index contributed by atoms with van der Waals surface area (Å²) in [6, 6.07) is 8.30. The van der Waals surface area contributed by atoms with E-state index in [1.165, 1.54) is 35.0 Å². The molecule has 28 heavy (non-hydrogen) atoms. The first-order chi connectivity index (χ1) is 13.1. The highest BCUT2D eigenvalue weighted by molar-refractivity contribution is 5.90. The van der Waals surface area contributed by atoms with E-state index in [9.17, 15) is 27.2 Å². The summed E-state index contributed by atoms with van der Waals surface area (Å²) < 4.78 is 53.5. The number of halogens is 4. The Bertz CT molecular complexity index is 1070. The Balaban J connectivity index is 1.83. The van der Waals surface area contributed by atoms with Crippen LogP contribution >= 0.6 is 0 Å². The van der Waals surface area contributed by atoms with E-state index in [0.717, 1.165) is 6.07 Å². The minimum absolute atomic E-state index is 0.231. The summed E-state index contributed by atoms with van der Waals surface area (Å²) in [6.07, 6.45) is -4.05. The highest BCUT2D eigenvalue weighted by Gasteiger charge is 2.31. The summed E-state index contributed by atoms with van der Waals surface area (Å²) >= 11 is 0. The molecule has 146 valence electrons. The smallest absolute Gasteiger partial charge is 0.309 e. The molecule has 6 nitrogen and oxygen atoms in total. The molecular formula is C18H14F4N4O2. The molecule has 2 heterocycles. The number of hydrogen-bond acceptors (Lipinski definition) is 3. The Kier molecular flexibility index (Phi) is 5.04. The van der Waals surface area contributed by atoms with E-state index in [0.29, 0.717) is 28.2 Å². The van der Waals surface area contributed by atoms with Gasteiger partial charge in [-0.2, -0.15) is 18.3 Å². The highest BCUT2D eigenvalue weighted by Crippen LogP contribution is 2.28. The Morgan fingerprint density at radius 3 is 2.46 bits per heavy atom. The van der Waals surface area contributed by atoms with Crippen LogP contribution in [0.4, 0.5) is 23.4 Å².